The van der Waals surface area contributed by atoms with Gasteiger partial charge in [-0.15, -0.1) is 0 Å². The van der Waals surface area contributed by atoms with Crippen LogP contribution in [-0.2, 0) is 17.4 Å². The molecule has 0 aliphatic carbocycles. The first-order chi connectivity index (χ1) is 16.0. The first kappa shape index (κ1) is 24.9. The van der Waals surface area contributed by atoms with Crippen LogP contribution >= 0.6 is 11.6 Å². The van der Waals surface area contributed by atoms with Crippen LogP contribution in [0.3, 0.4) is 0 Å². The summed E-state index contributed by atoms with van der Waals surface area (Å²) in [6.07, 6.45) is -5.44. The van der Waals surface area contributed by atoms with Crippen LogP contribution in [0.4, 0.5) is 13.2 Å². The molecule has 10 heteroatoms. The highest BCUT2D eigenvalue weighted by atomic mass is 35.5. The number of rotatable bonds is 9. The molecule has 0 amide bonds. The largest absolute Gasteiger partial charge is 0.479 e. The molecule has 0 saturated heterocycles. The predicted molar refractivity (Wildman–Crippen MR) is 117 cm³/mol. The lowest BCUT2D eigenvalue weighted by molar-refractivity contribution is -0.145. The van der Waals surface area contributed by atoms with Crippen molar-refractivity contribution in [2.45, 2.75) is 25.1 Å². The molecule has 2 N–H and O–H groups in total. The number of aryl methyl sites for hydroxylation is 1. The van der Waals surface area contributed by atoms with E-state index in [0.29, 0.717) is 6.42 Å². The maximum Gasteiger partial charge on any atom is 0.417 e. The maximum absolute atomic E-state index is 12.9. The molecule has 0 radical (unpaired) electrons. The Morgan fingerprint density at radius 3 is 2.18 bits per heavy atom. The summed E-state index contributed by atoms with van der Waals surface area (Å²) in [5.41, 5.74) is -0.511. The van der Waals surface area contributed by atoms with E-state index in [1.54, 1.807) is 0 Å². The lowest BCUT2D eigenvalue weighted by atomic mass is 10.1. The first-order valence-corrected chi connectivity index (χ1v) is 10.3. The number of ether oxygens (including phenoxy) is 2. The number of carbonyl (C=O) groups is 2. The van der Waals surface area contributed by atoms with Crippen LogP contribution in [0.15, 0.2) is 66.7 Å². The number of hydrogen-bond acceptors (Lipinski definition) is 4. The van der Waals surface area contributed by atoms with Gasteiger partial charge < -0.3 is 19.7 Å². The minimum Gasteiger partial charge on any atom is -0.479 e. The number of carboxylic acids is 2. The fraction of sp³-hybridized carbons (Fsp3) is 0.167. The van der Waals surface area contributed by atoms with Crippen LogP contribution in [0, 0.1) is 0 Å². The topological polar surface area (TPSA) is 93.1 Å². The van der Waals surface area contributed by atoms with E-state index >= 15 is 0 Å². The normalized spacial score (nSPS) is 12.1. The van der Waals surface area contributed by atoms with Crippen molar-refractivity contribution in [1.29, 1.82) is 0 Å². The van der Waals surface area contributed by atoms with E-state index in [-0.39, 0.29) is 29.2 Å². The minimum absolute atomic E-state index is 0.0169. The molecule has 1 unspecified atom stereocenters. The molecule has 1 atom stereocenters. The molecule has 0 aromatic heterocycles. The highest BCUT2D eigenvalue weighted by Gasteiger charge is 2.33. The van der Waals surface area contributed by atoms with Gasteiger partial charge in [-0.25, -0.2) is 9.59 Å². The molecule has 34 heavy (non-hydrogen) atoms. The lowest BCUT2D eigenvalue weighted by Gasteiger charge is -2.17. The van der Waals surface area contributed by atoms with Crippen molar-refractivity contribution in [2.24, 2.45) is 0 Å². The Bertz CT molecular complexity index is 1180. The van der Waals surface area contributed by atoms with Crippen LogP contribution in [0.1, 0.15) is 27.9 Å². The fourth-order valence-electron chi connectivity index (χ4n) is 3.10. The SMILES string of the molecule is O=C(O)c1cc(Oc2ccc(C(F)(F)F)c(Cl)c2)ccc1OC(CCc1ccccc1)C(=O)O. The number of aliphatic carboxylic acids is 1. The Kier molecular flexibility index (Phi) is 7.68. The van der Waals surface area contributed by atoms with Crippen LogP contribution in [0.25, 0.3) is 0 Å². The molecule has 0 aliphatic heterocycles. The number of hydrogen-bond donors (Lipinski definition) is 2. The van der Waals surface area contributed by atoms with Gasteiger partial charge in [-0.05, 0) is 48.7 Å². The monoisotopic (exact) mass is 494 g/mol. The van der Waals surface area contributed by atoms with Gasteiger partial charge in [0.2, 0.25) is 0 Å². The molecular formula is C24H18ClF3O6. The Hall–Kier alpha value is -3.72. The zero-order valence-electron chi connectivity index (χ0n) is 17.4. The molecule has 0 aliphatic rings. The van der Waals surface area contributed by atoms with Crippen molar-refractivity contribution >= 4 is 23.5 Å². The van der Waals surface area contributed by atoms with Crippen LogP contribution < -0.4 is 9.47 Å². The molecular weight excluding hydrogens is 477 g/mol. The summed E-state index contributed by atoms with van der Waals surface area (Å²) in [5, 5.41) is 18.5. The number of aromatic carboxylic acids is 1. The predicted octanol–water partition coefficient (Wildman–Crippen LogP) is 6.31. The summed E-state index contributed by atoms with van der Waals surface area (Å²) in [6.45, 7) is 0. The zero-order valence-corrected chi connectivity index (χ0v) is 18.1. The van der Waals surface area contributed by atoms with E-state index in [0.717, 1.165) is 29.8 Å². The smallest absolute Gasteiger partial charge is 0.417 e. The summed E-state index contributed by atoms with van der Waals surface area (Å²) < 4.78 is 49.5. The van der Waals surface area contributed by atoms with E-state index < -0.39 is 34.8 Å². The maximum atomic E-state index is 12.9. The summed E-state index contributed by atoms with van der Waals surface area (Å²) in [6, 6.07) is 15.5. The standard InChI is InChI=1S/C24H18ClF3O6/c25-19-13-16(7-9-18(19)24(26,27)28)33-15-8-11-20(17(12-15)22(29)30)34-21(23(31)32)10-6-14-4-2-1-3-5-14/h1-5,7-9,11-13,21H,6,10H2,(H,29,30)(H,31,32). The highest BCUT2D eigenvalue weighted by Crippen LogP contribution is 2.37. The van der Waals surface area contributed by atoms with Gasteiger partial charge in [-0.2, -0.15) is 13.2 Å². The van der Waals surface area contributed by atoms with Crippen molar-refractivity contribution < 1.29 is 42.4 Å². The average Bonchev–Trinajstić information content (AvgIpc) is 2.77. The first-order valence-electron chi connectivity index (χ1n) is 9.90. The minimum atomic E-state index is -4.63. The van der Waals surface area contributed by atoms with Gasteiger partial charge in [0.25, 0.3) is 0 Å². The number of benzene rings is 3. The number of carboxylic acid groups (broad SMARTS) is 2. The molecule has 3 aromatic carbocycles. The molecule has 0 fully saturated rings. The van der Waals surface area contributed by atoms with Crippen molar-refractivity contribution in [2.75, 3.05) is 0 Å². The van der Waals surface area contributed by atoms with E-state index in [2.05, 4.69) is 0 Å². The van der Waals surface area contributed by atoms with Crippen LogP contribution in [0.2, 0.25) is 5.02 Å². The van der Waals surface area contributed by atoms with Gasteiger partial charge in [0.15, 0.2) is 6.10 Å². The molecule has 3 rings (SSSR count). The summed E-state index contributed by atoms with van der Waals surface area (Å²) in [7, 11) is 0. The van der Waals surface area contributed by atoms with E-state index in [4.69, 9.17) is 21.1 Å². The molecule has 3 aromatic rings. The van der Waals surface area contributed by atoms with Crippen molar-refractivity contribution in [3.63, 3.8) is 0 Å². The summed E-state index contributed by atoms with van der Waals surface area (Å²) in [4.78, 5) is 23.4. The lowest BCUT2D eigenvalue weighted by Crippen LogP contribution is -2.28. The average molecular weight is 495 g/mol. The van der Waals surface area contributed by atoms with E-state index in [1.165, 1.54) is 12.1 Å². The van der Waals surface area contributed by atoms with Gasteiger partial charge in [-0.1, -0.05) is 41.9 Å². The molecule has 0 spiro atoms. The second-order valence-electron chi connectivity index (χ2n) is 7.17. The fourth-order valence-corrected chi connectivity index (χ4v) is 3.37. The second-order valence-corrected chi connectivity index (χ2v) is 7.58. The van der Waals surface area contributed by atoms with Crippen molar-refractivity contribution in [3.8, 4) is 17.2 Å². The number of alkyl halides is 3. The van der Waals surface area contributed by atoms with Crippen molar-refractivity contribution in [3.05, 3.63) is 88.4 Å². The van der Waals surface area contributed by atoms with Crippen LogP contribution in [-0.4, -0.2) is 28.3 Å². The molecule has 0 saturated carbocycles. The van der Waals surface area contributed by atoms with Gasteiger partial charge in [-0.3, -0.25) is 0 Å². The third kappa shape index (κ3) is 6.41. The Morgan fingerprint density at radius 2 is 1.59 bits per heavy atom. The van der Waals surface area contributed by atoms with Crippen molar-refractivity contribution in [1.82, 2.24) is 0 Å². The molecule has 0 bridgehead atoms. The number of halogens is 4. The van der Waals surface area contributed by atoms with Crippen LogP contribution in [0.5, 0.6) is 17.2 Å². The van der Waals surface area contributed by atoms with E-state index in [9.17, 15) is 33.0 Å². The Labute approximate surface area is 197 Å². The molecule has 178 valence electrons. The third-order valence-electron chi connectivity index (χ3n) is 4.75. The van der Waals surface area contributed by atoms with Gasteiger partial charge in [0.1, 0.15) is 22.8 Å². The van der Waals surface area contributed by atoms with Gasteiger partial charge >= 0.3 is 18.1 Å². The highest BCUT2D eigenvalue weighted by molar-refractivity contribution is 6.31. The quantitative estimate of drug-likeness (QED) is 0.362. The second kappa shape index (κ2) is 10.5. The molecule has 6 nitrogen and oxygen atoms in total. The summed E-state index contributed by atoms with van der Waals surface area (Å²) in [5.74, 6) is -2.91. The molecule has 0 heterocycles. The zero-order chi connectivity index (χ0) is 24.9. The van der Waals surface area contributed by atoms with Gasteiger partial charge in [0, 0.05) is 6.07 Å². The Morgan fingerprint density at radius 1 is 0.941 bits per heavy atom. The third-order valence-corrected chi connectivity index (χ3v) is 5.06. The van der Waals surface area contributed by atoms with Gasteiger partial charge in [0.05, 0.1) is 10.6 Å². The van der Waals surface area contributed by atoms with E-state index in [1.807, 2.05) is 30.3 Å². The Balaban J connectivity index is 1.78. The summed E-state index contributed by atoms with van der Waals surface area (Å²) >= 11 is 5.68.